The van der Waals surface area contributed by atoms with Crippen LogP contribution in [-0.2, 0) is 0 Å². The molecule has 0 amide bonds. The Morgan fingerprint density at radius 1 is 1.06 bits per heavy atom. The quantitative estimate of drug-likeness (QED) is 0.798. The number of nitrogens with one attached hydrogen (secondary N) is 1. The van der Waals surface area contributed by atoms with Crippen LogP contribution in [0.15, 0.2) is 0 Å². The average Bonchev–Trinajstić information content (AvgIpc) is 3.24. The van der Waals surface area contributed by atoms with E-state index in [9.17, 15) is 0 Å². The van der Waals surface area contributed by atoms with Gasteiger partial charge in [-0.25, -0.2) is 0 Å². The second kappa shape index (κ2) is 4.87. The number of likely N-dealkylation sites (tertiary alicyclic amines) is 1. The van der Waals surface area contributed by atoms with Gasteiger partial charge in [-0.1, -0.05) is 6.92 Å². The minimum Gasteiger partial charge on any atom is -0.314 e. The van der Waals surface area contributed by atoms with Crippen LogP contribution in [0.5, 0.6) is 0 Å². The molecule has 1 aliphatic carbocycles. The van der Waals surface area contributed by atoms with Gasteiger partial charge < -0.3 is 10.2 Å². The summed E-state index contributed by atoms with van der Waals surface area (Å²) in [6.07, 6.45) is 7.07. The SMILES string of the molecule is CCC1(N2CCNCC2)CCN(C2CC2)CC1. The summed E-state index contributed by atoms with van der Waals surface area (Å²) in [6.45, 7) is 10.00. The maximum Gasteiger partial charge on any atom is 0.0232 e. The molecule has 0 atom stereocenters. The molecule has 3 fully saturated rings. The zero-order valence-corrected chi connectivity index (χ0v) is 11.2. The molecule has 1 N–H and O–H groups in total. The van der Waals surface area contributed by atoms with Crippen LogP contribution in [0.1, 0.15) is 39.0 Å². The first-order valence-electron chi connectivity index (χ1n) is 7.54. The van der Waals surface area contributed by atoms with Crippen LogP contribution >= 0.6 is 0 Å². The summed E-state index contributed by atoms with van der Waals surface area (Å²) in [5.74, 6) is 0. The molecule has 3 rings (SSSR count). The van der Waals surface area contributed by atoms with Crippen molar-refractivity contribution in [2.75, 3.05) is 39.3 Å². The largest absolute Gasteiger partial charge is 0.314 e. The van der Waals surface area contributed by atoms with Gasteiger partial charge in [0.1, 0.15) is 0 Å². The van der Waals surface area contributed by atoms with E-state index in [4.69, 9.17) is 0 Å². The molecule has 1 saturated carbocycles. The summed E-state index contributed by atoms with van der Waals surface area (Å²) in [5, 5.41) is 3.48. The van der Waals surface area contributed by atoms with Gasteiger partial charge in [0.15, 0.2) is 0 Å². The molecule has 0 radical (unpaired) electrons. The van der Waals surface area contributed by atoms with Gasteiger partial charge in [-0.15, -0.1) is 0 Å². The van der Waals surface area contributed by atoms with Crippen LogP contribution in [0, 0.1) is 0 Å². The molecule has 0 aromatic rings. The zero-order valence-electron chi connectivity index (χ0n) is 11.2. The van der Waals surface area contributed by atoms with Gasteiger partial charge in [0.2, 0.25) is 0 Å². The van der Waals surface area contributed by atoms with Crippen LogP contribution < -0.4 is 5.32 Å². The molecule has 17 heavy (non-hydrogen) atoms. The molecule has 2 heterocycles. The molecular weight excluding hydrogens is 210 g/mol. The standard InChI is InChI=1S/C14H27N3/c1-2-14(17-11-7-15-8-12-17)5-9-16(10-6-14)13-3-4-13/h13,15H,2-12H2,1H3. The van der Waals surface area contributed by atoms with Crippen molar-refractivity contribution in [3.05, 3.63) is 0 Å². The third-order valence-electron chi connectivity index (χ3n) is 5.24. The number of nitrogens with zero attached hydrogens (tertiary/aromatic N) is 2. The normalized spacial score (nSPS) is 31.6. The Balaban J connectivity index is 1.61. The Morgan fingerprint density at radius 3 is 2.24 bits per heavy atom. The average molecular weight is 237 g/mol. The third-order valence-corrected chi connectivity index (χ3v) is 5.24. The van der Waals surface area contributed by atoms with E-state index in [1.165, 1.54) is 71.4 Å². The summed E-state index contributed by atoms with van der Waals surface area (Å²) < 4.78 is 0. The van der Waals surface area contributed by atoms with Gasteiger partial charge in [-0.2, -0.15) is 0 Å². The van der Waals surface area contributed by atoms with Crippen molar-refractivity contribution in [2.45, 2.75) is 50.6 Å². The van der Waals surface area contributed by atoms with Gasteiger partial charge in [-0.05, 0) is 32.1 Å². The molecule has 0 bridgehead atoms. The lowest BCUT2D eigenvalue weighted by molar-refractivity contribution is 0.00778. The molecule has 0 aromatic heterocycles. The molecule has 2 aliphatic heterocycles. The molecule has 3 aliphatic rings. The number of hydrogen-bond acceptors (Lipinski definition) is 3. The summed E-state index contributed by atoms with van der Waals surface area (Å²) in [4.78, 5) is 5.53. The summed E-state index contributed by atoms with van der Waals surface area (Å²) in [5.41, 5.74) is 0.535. The van der Waals surface area contributed by atoms with E-state index in [1.807, 2.05) is 0 Å². The lowest BCUT2D eigenvalue weighted by Crippen LogP contribution is -2.60. The predicted molar refractivity (Wildman–Crippen MR) is 71.3 cm³/mol. The minimum atomic E-state index is 0.535. The van der Waals surface area contributed by atoms with Crippen molar-refractivity contribution in [3.63, 3.8) is 0 Å². The second-order valence-electron chi connectivity index (χ2n) is 6.08. The summed E-state index contributed by atoms with van der Waals surface area (Å²) in [6, 6.07) is 0.966. The Bertz CT molecular complexity index is 248. The molecule has 0 spiro atoms. The van der Waals surface area contributed by atoms with E-state index < -0.39 is 0 Å². The first-order chi connectivity index (χ1) is 8.34. The molecule has 98 valence electrons. The number of hydrogen-bond donors (Lipinski definition) is 1. The van der Waals surface area contributed by atoms with Gasteiger partial charge in [0, 0.05) is 50.8 Å². The number of rotatable bonds is 3. The summed E-state index contributed by atoms with van der Waals surface area (Å²) >= 11 is 0. The van der Waals surface area contributed by atoms with Crippen LogP contribution in [0.3, 0.4) is 0 Å². The topological polar surface area (TPSA) is 18.5 Å². The highest BCUT2D eigenvalue weighted by Gasteiger charge is 2.41. The van der Waals surface area contributed by atoms with Gasteiger partial charge in [0.25, 0.3) is 0 Å². The smallest absolute Gasteiger partial charge is 0.0232 e. The Hall–Kier alpha value is -0.120. The van der Waals surface area contributed by atoms with Crippen molar-refractivity contribution in [1.82, 2.24) is 15.1 Å². The van der Waals surface area contributed by atoms with Crippen molar-refractivity contribution < 1.29 is 0 Å². The molecule has 2 saturated heterocycles. The highest BCUT2D eigenvalue weighted by molar-refractivity contribution is 4.98. The van der Waals surface area contributed by atoms with E-state index in [1.54, 1.807) is 0 Å². The minimum absolute atomic E-state index is 0.535. The van der Waals surface area contributed by atoms with Crippen molar-refractivity contribution in [2.24, 2.45) is 0 Å². The lowest BCUT2D eigenvalue weighted by Gasteiger charge is -2.50. The number of piperazine rings is 1. The first-order valence-corrected chi connectivity index (χ1v) is 7.54. The Labute approximate surface area is 106 Å². The van der Waals surface area contributed by atoms with Gasteiger partial charge in [0.05, 0.1) is 0 Å². The van der Waals surface area contributed by atoms with Crippen molar-refractivity contribution >= 4 is 0 Å². The monoisotopic (exact) mass is 237 g/mol. The molecule has 3 nitrogen and oxygen atoms in total. The van der Waals surface area contributed by atoms with Gasteiger partial charge >= 0.3 is 0 Å². The molecule has 3 heteroatoms. The van der Waals surface area contributed by atoms with Crippen LogP contribution in [-0.4, -0.2) is 60.6 Å². The molecule has 0 unspecified atom stereocenters. The Kier molecular flexibility index (Phi) is 3.42. The van der Waals surface area contributed by atoms with Crippen LogP contribution in [0.4, 0.5) is 0 Å². The Morgan fingerprint density at radius 2 is 1.71 bits per heavy atom. The van der Waals surface area contributed by atoms with Crippen molar-refractivity contribution in [1.29, 1.82) is 0 Å². The highest BCUT2D eigenvalue weighted by atomic mass is 15.3. The third kappa shape index (κ3) is 2.38. The highest BCUT2D eigenvalue weighted by Crippen LogP contribution is 2.36. The maximum atomic E-state index is 3.48. The first kappa shape index (κ1) is 11.9. The predicted octanol–water partition coefficient (Wildman–Crippen LogP) is 1.30. The second-order valence-corrected chi connectivity index (χ2v) is 6.08. The maximum absolute atomic E-state index is 3.48. The molecular formula is C14H27N3. The fraction of sp³-hybridized carbons (Fsp3) is 1.00. The van der Waals surface area contributed by atoms with E-state index in [0.29, 0.717) is 5.54 Å². The lowest BCUT2D eigenvalue weighted by atomic mass is 9.82. The fourth-order valence-corrected chi connectivity index (χ4v) is 3.78. The van der Waals surface area contributed by atoms with Crippen LogP contribution in [0.2, 0.25) is 0 Å². The fourth-order valence-electron chi connectivity index (χ4n) is 3.78. The molecule has 0 aromatic carbocycles. The zero-order chi connectivity index (χ0) is 11.7. The van der Waals surface area contributed by atoms with E-state index in [0.717, 1.165) is 6.04 Å². The van der Waals surface area contributed by atoms with Gasteiger partial charge in [-0.3, -0.25) is 4.90 Å². The summed E-state index contributed by atoms with van der Waals surface area (Å²) in [7, 11) is 0. The number of piperidine rings is 1. The van der Waals surface area contributed by atoms with E-state index in [2.05, 4.69) is 22.0 Å². The van der Waals surface area contributed by atoms with Crippen LogP contribution in [0.25, 0.3) is 0 Å². The van der Waals surface area contributed by atoms with E-state index in [-0.39, 0.29) is 0 Å². The van der Waals surface area contributed by atoms with Crippen molar-refractivity contribution in [3.8, 4) is 0 Å². The van der Waals surface area contributed by atoms with E-state index >= 15 is 0 Å².